The molecule has 1 aliphatic carbocycles. The molecule has 0 bridgehead atoms. The van der Waals surface area contributed by atoms with E-state index in [1.807, 2.05) is 78.9 Å². The number of benzene rings is 2. The van der Waals surface area contributed by atoms with E-state index in [0.717, 1.165) is 11.5 Å². The molecule has 0 radical (unpaired) electrons. The van der Waals surface area contributed by atoms with Gasteiger partial charge in [0.2, 0.25) is 0 Å². The highest BCUT2D eigenvalue weighted by Crippen LogP contribution is 2.71. The second-order valence-electron chi connectivity index (χ2n) is 5.41. The van der Waals surface area contributed by atoms with Crippen LogP contribution in [0.25, 0.3) is 0 Å². The van der Waals surface area contributed by atoms with Gasteiger partial charge in [-0.15, -0.1) is 6.08 Å². The van der Waals surface area contributed by atoms with Gasteiger partial charge in [0.05, 0.1) is 0 Å². The Hall–Kier alpha value is -2.09. The number of rotatable bonds is 4. The Morgan fingerprint density at radius 1 is 0.783 bits per heavy atom. The SMILES string of the molecule is C1=CC2[CH-][P+](Oc3ccccc3)(Oc3ccccc3)OC2C=C1. The van der Waals surface area contributed by atoms with Gasteiger partial charge in [-0.2, -0.15) is 4.52 Å². The molecule has 0 amide bonds. The molecule has 0 saturated carbocycles. The van der Waals surface area contributed by atoms with Gasteiger partial charge in [0.25, 0.3) is 0 Å². The van der Waals surface area contributed by atoms with Crippen molar-refractivity contribution < 1.29 is 13.6 Å². The number of para-hydroxylation sites is 2. The first-order valence-corrected chi connectivity index (χ1v) is 9.22. The maximum absolute atomic E-state index is 6.23. The summed E-state index contributed by atoms with van der Waals surface area (Å²) in [6.07, 6.45) is 10.3. The summed E-state index contributed by atoms with van der Waals surface area (Å²) in [6, 6.07) is 19.4. The lowest BCUT2D eigenvalue weighted by molar-refractivity contribution is 0.213. The molecule has 2 unspecified atom stereocenters. The van der Waals surface area contributed by atoms with Gasteiger partial charge in [-0.05, 0) is 24.3 Å². The molecule has 2 aliphatic rings. The zero-order valence-corrected chi connectivity index (χ0v) is 13.4. The van der Waals surface area contributed by atoms with Gasteiger partial charge in [0.1, 0.15) is 6.10 Å². The predicted molar refractivity (Wildman–Crippen MR) is 92.0 cm³/mol. The molecule has 4 heteroatoms. The van der Waals surface area contributed by atoms with Crippen LogP contribution in [0.1, 0.15) is 0 Å². The molecule has 0 aromatic heterocycles. The first-order chi connectivity index (χ1) is 11.3. The summed E-state index contributed by atoms with van der Waals surface area (Å²) < 4.78 is 18.6. The third kappa shape index (κ3) is 3.17. The average molecular weight is 324 g/mol. The van der Waals surface area contributed by atoms with Crippen molar-refractivity contribution in [2.24, 2.45) is 5.92 Å². The molecule has 1 fully saturated rings. The van der Waals surface area contributed by atoms with Crippen molar-refractivity contribution in [2.75, 3.05) is 0 Å². The van der Waals surface area contributed by atoms with E-state index < -0.39 is 7.94 Å². The monoisotopic (exact) mass is 324 g/mol. The van der Waals surface area contributed by atoms with E-state index in [1.54, 1.807) is 0 Å². The van der Waals surface area contributed by atoms with Crippen molar-refractivity contribution in [3.05, 3.63) is 91.1 Å². The highest BCUT2D eigenvalue weighted by molar-refractivity contribution is 7.65. The van der Waals surface area contributed by atoms with Crippen LogP contribution in [0.2, 0.25) is 0 Å². The Labute approximate surface area is 136 Å². The molecular weight excluding hydrogens is 307 g/mol. The quantitative estimate of drug-likeness (QED) is 0.571. The minimum absolute atomic E-state index is 0.0271. The van der Waals surface area contributed by atoms with Gasteiger partial charge in [0, 0.05) is 0 Å². The third-order valence-corrected chi connectivity index (χ3v) is 5.88. The maximum atomic E-state index is 6.23. The standard InChI is InChI=1S/C19H17O3P/c1-3-10-17(11-4-1)20-23(21-18-12-5-2-6-13-18)15-16-9-7-8-14-19(16)22-23/h1-16,19H. The van der Waals surface area contributed by atoms with Crippen LogP contribution < -0.4 is 9.05 Å². The van der Waals surface area contributed by atoms with Crippen molar-refractivity contribution in [1.82, 2.24) is 0 Å². The molecule has 2 aromatic carbocycles. The van der Waals surface area contributed by atoms with Crippen molar-refractivity contribution in [3.8, 4) is 11.5 Å². The molecule has 1 saturated heterocycles. The number of fused-ring (bicyclic) bond motifs is 1. The highest BCUT2D eigenvalue weighted by atomic mass is 31.2. The molecular formula is C19H17O3P. The molecule has 4 rings (SSSR count). The van der Waals surface area contributed by atoms with Crippen molar-refractivity contribution in [3.63, 3.8) is 0 Å². The van der Waals surface area contributed by atoms with Gasteiger partial charge in [-0.25, -0.2) is 0 Å². The Kier molecular flexibility index (Phi) is 3.90. The number of hydrogen-bond acceptors (Lipinski definition) is 3. The summed E-state index contributed by atoms with van der Waals surface area (Å²) in [6.45, 7) is 0. The van der Waals surface area contributed by atoms with Crippen LogP contribution in [0.4, 0.5) is 0 Å². The van der Waals surface area contributed by atoms with Crippen molar-refractivity contribution in [1.29, 1.82) is 0 Å². The first kappa shape index (κ1) is 14.5. The van der Waals surface area contributed by atoms with Crippen LogP contribution in [0.3, 0.4) is 0 Å². The lowest BCUT2D eigenvalue weighted by Crippen LogP contribution is -2.13. The van der Waals surface area contributed by atoms with Gasteiger partial charge < -0.3 is 9.05 Å². The number of hydrogen-bond donors (Lipinski definition) is 0. The maximum Gasteiger partial charge on any atom is 0.367 e. The largest absolute Gasteiger partial charge is 0.367 e. The van der Waals surface area contributed by atoms with Crippen LogP contribution in [0, 0.1) is 12.1 Å². The summed E-state index contributed by atoms with van der Waals surface area (Å²) in [7, 11) is -2.62. The highest BCUT2D eigenvalue weighted by Gasteiger charge is 2.50. The first-order valence-electron chi connectivity index (χ1n) is 7.60. The molecule has 0 N–H and O–H groups in total. The fraction of sp³-hybridized carbons (Fsp3) is 0.105. The molecule has 1 aliphatic heterocycles. The van der Waals surface area contributed by atoms with E-state index in [4.69, 9.17) is 13.6 Å². The van der Waals surface area contributed by atoms with Gasteiger partial charge in [-0.1, -0.05) is 66.7 Å². The van der Waals surface area contributed by atoms with Crippen LogP contribution in [0.5, 0.6) is 11.5 Å². The molecule has 2 aromatic rings. The summed E-state index contributed by atoms with van der Waals surface area (Å²) in [5, 5.41) is 0. The molecule has 0 spiro atoms. The minimum Gasteiger partial charge on any atom is -0.310 e. The minimum atomic E-state index is -2.62. The van der Waals surface area contributed by atoms with Crippen LogP contribution in [-0.4, -0.2) is 6.10 Å². The van der Waals surface area contributed by atoms with Gasteiger partial charge >= 0.3 is 7.94 Å². The van der Waals surface area contributed by atoms with Crippen LogP contribution >= 0.6 is 7.94 Å². The molecule has 3 nitrogen and oxygen atoms in total. The van der Waals surface area contributed by atoms with Gasteiger partial charge in [0.15, 0.2) is 11.5 Å². The fourth-order valence-corrected chi connectivity index (χ4v) is 5.03. The van der Waals surface area contributed by atoms with Crippen molar-refractivity contribution >= 4 is 7.94 Å². The second kappa shape index (κ2) is 6.19. The Morgan fingerprint density at radius 3 is 1.91 bits per heavy atom. The molecule has 116 valence electrons. The van der Waals surface area contributed by atoms with E-state index in [1.165, 1.54) is 0 Å². The molecule has 23 heavy (non-hydrogen) atoms. The smallest absolute Gasteiger partial charge is 0.310 e. The summed E-state index contributed by atoms with van der Waals surface area (Å²) in [4.78, 5) is 0. The second-order valence-corrected chi connectivity index (χ2v) is 7.37. The predicted octanol–water partition coefficient (Wildman–Crippen LogP) is 5.21. The van der Waals surface area contributed by atoms with E-state index in [9.17, 15) is 0 Å². The third-order valence-electron chi connectivity index (χ3n) is 3.70. The van der Waals surface area contributed by atoms with E-state index in [0.29, 0.717) is 0 Å². The number of allylic oxidation sites excluding steroid dienone is 2. The fourth-order valence-electron chi connectivity index (χ4n) is 2.64. The van der Waals surface area contributed by atoms with E-state index in [2.05, 4.69) is 12.2 Å². The Balaban J connectivity index is 1.63. The Morgan fingerprint density at radius 2 is 1.35 bits per heavy atom. The van der Waals surface area contributed by atoms with Crippen molar-refractivity contribution in [2.45, 2.75) is 6.10 Å². The molecule has 2 atom stereocenters. The summed E-state index contributed by atoms with van der Waals surface area (Å²) in [5.74, 6) is 1.68. The zero-order chi connectivity index (χ0) is 15.5. The lowest BCUT2D eigenvalue weighted by atomic mass is 10.0. The van der Waals surface area contributed by atoms with Gasteiger partial charge in [-0.3, -0.25) is 0 Å². The van der Waals surface area contributed by atoms with Crippen LogP contribution in [-0.2, 0) is 4.52 Å². The summed E-state index contributed by atoms with van der Waals surface area (Å²) in [5.41, 5.74) is 0. The summed E-state index contributed by atoms with van der Waals surface area (Å²) >= 11 is 0. The molecule has 1 heterocycles. The zero-order valence-electron chi connectivity index (χ0n) is 12.5. The normalized spacial score (nSPS) is 24.2. The van der Waals surface area contributed by atoms with E-state index >= 15 is 0 Å². The Bertz CT molecular complexity index is 648. The lowest BCUT2D eigenvalue weighted by Gasteiger charge is -2.25. The van der Waals surface area contributed by atoms with Crippen LogP contribution in [0.15, 0.2) is 85.0 Å². The topological polar surface area (TPSA) is 27.7 Å². The average Bonchev–Trinajstić information content (AvgIpc) is 2.94. The van der Waals surface area contributed by atoms with E-state index in [-0.39, 0.29) is 12.0 Å².